The van der Waals surface area contributed by atoms with Crippen LogP contribution >= 0.6 is 12.4 Å². The number of hydrogen-bond donors (Lipinski definition) is 1. The maximum absolute atomic E-state index is 12.4. The minimum Gasteiger partial charge on any atom is -0.352 e. The minimum atomic E-state index is 0. The third-order valence-electron chi connectivity index (χ3n) is 5.91. The van der Waals surface area contributed by atoms with Gasteiger partial charge in [0.05, 0.1) is 5.69 Å². The van der Waals surface area contributed by atoms with Crippen molar-refractivity contribution in [2.24, 2.45) is 11.8 Å². The van der Waals surface area contributed by atoms with Crippen LogP contribution in [0.1, 0.15) is 37.8 Å². The molecule has 3 heterocycles. The van der Waals surface area contributed by atoms with Crippen LogP contribution in [0.3, 0.4) is 0 Å². The first-order chi connectivity index (χ1) is 12.7. The van der Waals surface area contributed by atoms with Gasteiger partial charge in [0.2, 0.25) is 11.8 Å². The lowest BCUT2D eigenvalue weighted by molar-refractivity contribution is -0.128. The van der Waals surface area contributed by atoms with Crippen molar-refractivity contribution in [3.63, 3.8) is 0 Å². The second-order valence-electron chi connectivity index (χ2n) is 7.92. The summed E-state index contributed by atoms with van der Waals surface area (Å²) in [6, 6.07) is 6.25. The van der Waals surface area contributed by atoms with Gasteiger partial charge in [-0.2, -0.15) is 0 Å². The van der Waals surface area contributed by atoms with Crippen molar-refractivity contribution in [1.29, 1.82) is 0 Å². The maximum atomic E-state index is 12.4. The topological polar surface area (TPSA) is 65.5 Å². The summed E-state index contributed by atoms with van der Waals surface area (Å²) in [7, 11) is 0. The highest BCUT2D eigenvalue weighted by Crippen LogP contribution is 2.41. The number of rotatable bonds is 7. The predicted octanol–water partition coefficient (Wildman–Crippen LogP) is 1.84. The van der Waals surface area contributed by atoms with Crippen LogP contribution in [0.5, 0.6) is 0 Å². The minimum absolute atomic E-state index is 0. The van der Waals surface area contributed by atoms with E-state index in [4.69, 9.17) is 0 Å². The first-order valence-electron chi connectivity index (χ1n) is 9.88. The molecule has 2 saturated heterocycles. The van der Waals surface area contributed by atoms with Gasteiger partial charge in [-0.25, -0.2) is 0 Å². The molecular formula is C20H29ClN4O2. The standard InChI is InChI=1S/C20H28N4O2.ClH/c25-19(8-11-24-10-3-5-20(24)26)22-18-14-23(13-17(18)15-6-7-15)12-16-4-1-2-9-21-16;/h1-2,4,9,15,17-18H,3,5-8,10-14H2,(H,22,25);1H/t17-,18+;/m1./s1. The van der Waals surface area contributed by atoms with Gasteiger partial charge in [-0.1, -0.05) is 6.07 Å². The van der Waals surface area contributed by atoms with Crippen molar-refractivity contribution >= 4 is 24.2 Å². The van der Waals surface area contributed by atoms with Crippen LogP contribution in [0, 0.1) is 11.8 Å². The molecule has 1 N–H and O–H groups in total. The Kier molecular flexibility index (Phi) is 6.71. The van der Waals surface area contributed by atoms with Crippen molar-refractivity contribution in [2.75, 3.05) is 26.2 Å². The molecule has 0 radical (unpaired) electrons. The molecule has 2 amide bonds. The van der Waals surface area contributed by atoms with E-state index in [1.165, 1.54) is 12.8 Å². The summed E-state index contributed by atoms with van der Waals surface area (Å²) < 4.78 is 0. The van der Waals surface area contributed by atoms with Crippen molar-refractivity contribution in [3.05, 3.63) is 30.1 Å². The summed E-state index contributed by atoms with van der Waals surface area (Å²) in [5.74, 6) is 1.58. The van der Waals surface area contributed by atoms with Crippen molar-refractivity contribution < 1.29 is 9.59 Å². The summed E-state index contributed by atoms with van der Waals surface area (Å²) in [4.78, 5) is 32.8. The highest BCUT2D eigenvalue weighted by Gasteiger charge is 2.43. The number of nitrogens with one attached hydrogen (secondary N) is 1. The molecule has 7 heteroatoms. The van der Waals surface area contributed by atoms with Gasteiger partial charge in [0.1, 0.15) is 0 Å². The van der Waals surface area contributed by atoms with Gasteiger partial charge in [0, 0.05) is 57.8 Å². The highest BCUT2D eigenvalue weighted by molar-refractivity contribution is 5.85. The molecular weight excluding hydrogens is 364 g/mol. The van der Waals surface area contributed by atoms with Gasteiger partial charge in [-0.3, -0.25) is 19.5 Å². The first-order valence-corrected chi connectivity index (χ1v) is 9.88. The van der Waals surface area contributed by atoms with E-state index in [0.717, 1.165) is 44.2 Å². The second-order valence-corrected chi connectivity index (χ2v) is 7.92. The van der Waals surface area contributed by atoms with Crippen LogP contribution in [0.25, 0.3) is 0 Å². The van der Waals surface area contributed by atoms with Gasteiger partial charge in [0.15, 0.2) is 0 Å². The van der Waals surface area contributed by atoms with Crippen LogP contribution in [0.15, 0.2) is 24.4 Å². The van der Waals surface area contributed by atoms with Crippen LogP contribution < -0.4 is 5.32 Å². The number of hydrogen-bond acceptors (Lipinski definition) is 4. The number of carbonyl (C=O) groups excluding carboxylic acids is 2. The zero-order valence-corrected chi connectivity index (χ0v) is 16.5. The van der Waals surface area contributed by atoms with E-state index in [1.54, 1.807) is 0 Å². The number of halogens is 1. The molecule has 0 spiro atoms. The average molecular weight is 393 g/mol. The van der Waals surface area contributed by atoms with Crippen molar-refractivity contribution in [2.45, 2.75) is 44.7 Å². The maximum Gasteiger partial charge on any atom is 0.222 e. The zero-order chi connectivity index (χ0) is 17.9. The summed E-state index contributed by atoms with van der Waals surface area (Å²) in [5, 5.41) is 3.27. The smallest absolute Gasteiger partial charge is 0.222 e. The molecule has 0 aromatic carbocycles. The van der Waals surface area contributed by atoms with Crippen molar-refractivity contribution in [1.82, 2.24) is 20.1 Å². The van der Waals surface area contributed by atoms with E-state index in [2.05, 4.69) is 21.3 Å². The average Bonchev–Trinajstić information content (AvgIpc) is 3.29. The van der Waals surface area contributed by atoms with Gasteiger partial charge < -0.3 is 10.2 Å². The molecule has 0 unspecified atom stereocenters. The Labute approximate surface area is 167 Å². The molecule has 0 bridgehead atoms. The molecule has 1 saturated carbocycles. The van der Waals surface area contributed by atoms with Gasteiger partial charge in [0.25, 0.3) is 0 Å². The fourth-order valence-corrected chi connectivity index (χ4v) is 4.37. The van der Waals surface area contributed by atoms with Crippen molar-refractivity contribution in [3.8, 4) is 0 Å². The number of pyridine rings is 1. The molecule has 2 atom stereocenters. The normalized spacial score (nSPS) is 25.5. The lowest BCUT2D eigenvalue weighted by Crippen LogP contribution is -2.42. The van der Waals surface area contributed by atoms with E-state index >= 15 is 0 Å². The Balaban J connectivity index is 0.00000210. The number of amides is 2. The Morgan fingerprint density at radius 1 is 1.26 bits per heavy atom. The first kappa shape index (κ1) is 20.1. The summed E-state index contributed by atoms with van der Waals surface area (Å²) in [5.41, 5.74) is 1.08. The van der Waals surface area contributed by atoms with E-state index in [0.29, 0.717) is 25.3 Å². The van der Waals surface area contributed by atoms with Gasteiger partial charge >= 0.3 is 0 Å². The molecule has 3 fully saturated rings. The molecule has 27 heavy (non-hydrogen) atoms. The summed E-state index contributed by atoms with van der Waals surface area (Å²) in [6.45, 7) is 4.14. The van der Waals surface area contributed by atoms with E-state index in [-0.39, 0.29) is 30.3 Å². The van der Waals surface area contributed by atoms with Gasteiger partial charge in [-0.15, -0.1) is 12.4 Å². The lowest BCUT2D eigenvalue weighted by Gasteiger charge is -2.21. The molecule has 1 aromatic heterocycles. The van der Waals surface area contributed by atoms with E-state index in [9.17, 15) is 9.59 Å². The van der Waals surface area contributed by atoms with Crippen LogP contribution in [0.2, 0.25) is 0 Å². The molecule has 2 aliphatic heterocycles. The third-order valence-corrected chi connectivity index (χ3v) is 5.91. The molecule has 6 nitrogen and oxygen atoms in total. The zero-order valence-electron chi connectivity index (χ0n) is 15.7. The van der Waals surface area contributed by atoms with Gasteiger partial charge in [-0.05, 0) is 43.2 Å². The van der Waals surface area contributed by atoms with E-state index < -0.39 is 0 Å². The summed E-state index contributed by atoms with van der Waals surface area (Å²) in [6.07, 6.45) is 6.39. The number of likely N-dealkylation sites (tertiary alicyclic amines) is 2. The van der Waals surface area contributed by atoms with Crippen LogP contribution in [-0.2, 0) is 16.1 Å². The third kappa shape index (κ3) is 5.20. The molecule has 3 aliphatic rings. The predicted molar refractivity (Wildman–Crippen MR) is 105 cm³/mol. The SMILES string of the molecule is Cl.O=C(CCN1CCCC1=O)N[C@H]1CN(Cc2ccccn2)C[C@@H]1C1CC1. The fraction of sp³-hybridized carbons (Fsp3) is 0.650. The highest BCUT2D eigenvalue weighted by atomic mass is 35.5. The van der Waals surface area contributed by atoms with E-state index in [1.807, 2.05) is 23.2 Å². The lowest BCUT2D eigenvalue weighted by atomic mass is 9.98. The molecule has 1 aliphatic carbocycles. The number of carbonyl (C=O) groups is 2. The Morgan fingerprint density at radius 3 is 2.78 bits per heavy atom. The second kappa shape index (κ2) is 9.02. The number of aromatic nitrogens is 1. The largest absolute Gasteiger partial charge is 0.352 e. The molecule has 1 aromatic rings. The molecule has 4 rings (SSSR count). The summed E-state index contributed by atoms with van der Waals surface area (Å²) >= 11 is 0. The Hall–Kier alpha value is -1.66. The fourth-order valence-electron chi connectivity index (χ4n) is 4.37. The quantitative estimate of drug-likeness (QED) is 0.769. The Morgan fingerprint density at radius 2 is 2.11 bits per heavy atom. The van der Waals surface area contributed by atoms with Crippen LogP contribution in [-0.4, -0.2) is 58.8 Å². The molecule has 148 valence electrons. The number of nitrogens with zero attached hydrogens (tertiary/aromatic N) is 3. The van der Waals surface area contributed by atoms with Crippen LogP contribution in [0.4, 0.5) is 0 Å². The Bertz CT molecular complexity index is 653. The monoisotopic (exact) mass is 392 g/mol.